The summed E-state index contributed by atoms with van der Waals surface area (Å²) in [5.41, 5.74) is 1.61. The highest BCUT2D eigenvalue weighted by molar-refractivity contribution is 5.89. The van der Waals surface area contributed by atoms with E-state index in [1.807, 2.05) is 24.3 Å². The fourth-order valence-electron chi connectivity index (χ4n) is 3.01. The summed E-state index contributed by atoms with van der Waals surface area (Å²) in [4.78, 5) is 24.8. The fraction of sp³-hybridized carbons (Fsp3) is 0.316. The van der Waals surface area contributed by atoms with E-state index >= 15 is 0 Å². The topological polar surface area (TPSA) is 72.7 Å². The summed E-state index contributed by atoms with van der Waals surface area (Å²) < 4.78 is 5.57. The lowest BCUT2D eigenvalue weighted by molar-refractivity contribution is -0.384. The Morgan fingerprint density at radius 1 is 1.12 bits per heavy atom. The second-order valence-corrected chi connectivity index (χ2v) is 6.17. The predicted octanol–water partition coefficient (Wildman–Crippen LogP) is 3.42. The molecule has 1 saturated heterocycles. The number of esters is 1. The van der Waals surface area contributed by atoms with Gasteiger partial charge in [-0.15, -0.1) is 0 Å². The Morgan fingerprint density at radius 3 is 2.52 bits per heavy atom. The van der Waals surface area contributed by atoms with Crippen LogP contribution in [0.1, 0.15) is 28.8 Å². The zero-order valence-electron chi connectivity index (χ0n) is 13.8. The molecule has 2 aromatic rings. The third-order valence-corrected chi connectivity index (χ3v) is 4.35. The van der Waals surface area contributed by atoms with E-state index in [0.717, 1.165) is 31.5 Å². The molecule has 25 heavy (non-hydrogen) atoms. The normalized spacial score (nSPS) is 15.7. The molecule has 0 saturated carbocycles. The van der Waals surface area contributed by atoms with Crippen LogP contribution in [0.15, 0.2) is 54.6 Å². The first kappa shape index (κ1) is 17.1. The number of piperidine rings is 1. The van der Waals surface area contributed by atoms with Crippen molar-refractivity contribution in [3.63, 3.8) is 0 Å². The summed E-state index contributed by atoms with van der Waals surface area (Å²) in [6, 6.07) is 15.7. The third kappa shape index (κ3) is 4.64. The van der Waals surface area contributed by atoms with Gasteiger partial charge in [0, 0.05) is 31.8 Å². The largest absolute Gasteiger partial charge is 0.459 e. The summed E-state index contributed by atoms with van der Waals surface area (Å²) in [5, 5.41) is 10.9. The molecule has 0 radical (unpaired) electrons. The molecule has 0 atom stereocenters. The second kappa shape index (κ2) is 7.90. The molecule has 0 N–H and O–H groups in total. The first-order chi connectivity index (χ1) is 12.1. The number of likely N-dealkylation sites (tertiary alicyclic amines) is 1. The van der Waals surface area contributed by atoms with Gasteiger partial charge in [0.25, 0.3) is 5.69 Å². The summed E-state index contributed by atoms with van der Waals surface area (Å²) in [7, 11) is 0. The van der Waals surface area contributed by atoms with Crippen LogP contribution in [0.4, 0.5) is 5.69 Å². The Morgan fingerprint density at radius 2 is 1.84 bits per heavy atom. The van der Waals surface area contributed by atoms with Gasteiger partial charge in [0.2, 0.25) is 0 Å². The number of nitro groups is 1. The number of rotatable bonds is 5. The summed E-state index contributed by atoms with van der Waals surface area (Å²) in [5.74, 6) is -0.280. The van der Waals surface area contributed by atoms with Gasteiger partial charge in [0.15, 0.2) is 0 Å². The zero-order valence-corrected chi connectivity index (χ0v) is 13.8. The highest BCUT2D eigenvalue weighted by Gasteiger charge is 2.23. The maximum absolute atomic E-state index is 12.1. The number of nitro benzene ring substituents is 1. The van der Waals surface area contributed by atoms with Crippen LogP contribution in [0, 0.1) is 10.1 Å². The summed E-state index contributed by atoms with van der Waals surface area (Å²) in [6.45, 7) is 2.27. The highest BCUT2D eigenvalue weighted by atomic mass is 16.6. The predicted molar refractivity (Wildman–Crippen MR) is 93.3 cm³/mol. The minimum absolute atomic E-state index is 0.0749. The van der Waals surface area contributed by atoms with Gasteiger partial charge < -0.3 is 4.74 Å². The Kier molecular flexibility index (Phi) is 5.40. The number of ether oxygens (including phenoxy) is 1. The Hall–Kier alpha value is -2.73. The molecule has 6 nitrogen and oxygen atoms in total. The number of non-ortho nitro benzene ring substituents is 1. The number of hydrogen-bond donors (Lipinski definition) is 0. The highest BCUT2D eigenvalue weighted by Crippen LogP contribution is 2.20. The standard InChI is InChI=1S/C19H20N2O4/c22-19(16-6-2-1-3-7-16)25-18-9-11-20(12-10-18)14-15-5-4-8-17(13-15)21(23)24/h1-8,13,18H,9-12,14H2. The first-order valence-electron chi connectivity index (χ1n) is 8.33. The minimum Gasteiger partial charge on any atom is -0.459 e. The lowest BCUT2D eigenvalue weighted by atomic mass is 10.1. The summed E-state index contributed by atoms with van der Waals surface area (Å²) >= 11 is 0. The van der Waals surface area contributed by atoms with E-state index in [-0.39, 0.29) is 22.7 Å². The van der Waals surface area contributed by atoms with E-state index in [9.17, 15) is 14.9 Å². The van der Waals surface area contributed by atoms with Crippen molar-refractivity contribution in [1.29, 1.82) is 0 Å². The van der Waals surface area contributed by atoms with Crippen LogP contribution in [0.2, 0.25) is 0 Å². The molecule has 0 aromatic heterocycles. The van der Waals surface area contributed by atoms with Gasteiger partial charge >= 0.3 is 5.97 Å². The quantitative estimate of drug-likeness (QED) is 0.474. The van der Waals surface area contributed by atoms with Gasteiger partial charge in [-0.3, -0.25) is 15.0 Å². The van der Waals surface area contributed by atoms with Gasteiger partial charge in [-0.2, -0.15) is 0 Å². The Labute approximate surface area is 146 Å². The van der Waals surface area contributed by atoms with Crippen LogP contribution in [0.5, 0.6) is 0 Å². The van der Waals surface area contributed by atoms with Crippen molar-refractivity contribution in [2.75, 3.05) is 13.1 Å². The molecule has 1 aliphatic heterocycles. The molecule has 6 heteroatoms. The van der Waals surface area contributed by atoms with Crippen molar-refractivity contribution in [1.82, 2.24) is 4.90 Å². The van der Waals surface area contributed by atoms with Gasteiger partial charge in [0.1, 0.15) is 6.10 Å². The SMILES string of the molecule is O=C(OC1CCN(Cc2cccc([N+](=O)[O-])c2)CC1)c1ccccc1. The number of benzene rings is 2. The van der Waals surface area contributed by atoms with Crippen molar-refractivity contribution < 1.29 is 14.5 Å². The van der Waals surface area contributed by atoms with Crippen molar-refractivity contribution in [3.8, 4) is 0 Å². The van der Waals surface area contributed by atoms with Gasteiger partial charge in [0.05, 0.1) is 10.5 Å². The molecule has 2 aromatic carbocycles. The maximum atomic E-state index is 12.1. The average molecular weight is 340 g/mol. The molecular formula is C19H20N2O4. The van der Waals surface area contributed by atoms with Crippen LogP contribution in [0.3, 0.4) is 0 Å². The first-order valence-corrected chi connectivity index (χ1v) is 8.33. The molecule has 0 aliphatic carbocycles. The average Bonchev–Trinajstić information content (AvgIpc) is 2.64. The van der Waals surface area contributed by atoms with E-state index < -0.39 is 0 Å². The van der Waals surface area contributed by atoms with E-state index in [1.165, 1.54) is 6.07 Å². The van der Waals surface area contributed by atoms with E-state index in [2.05, 4.69) is 4.90 Å². The molecule has 0 unspecified atom stereocenters. The lowest BCUT2D eigenvalue weighted by Gasteiger charge is -2.31. The smallest absolute Gasteiger partial charge is 0.338 e. The van der Waals surface area contributed by atoms with E-state index in [4.69, 9.17) is 4.74 Å². The van der Waals surface area contributed by atoms with Crippen molar-refractivity contribution >= 4 is 11.7 Å². The van der Waals surface area contributed by atoms with Crippen LogP contribution < -0.4 is 0 Å². The van der Waals surface area contributed by atoms with Crippen LogP contribution in [0.25, 0.3) is 0 Å². The number of carbonyl (C=O) groups is 1. The van der Waals surface area contributed by atoms with Gasteiger partial charge in [-0.1, -0.05) is 30.3 Å². The Balaban J connectivity index is 1.50. The third-order valence-electron chi connectivity index (χ3n) is 4.35. The van der Waals surface area contributed by atoms with Crippen LogP contribution in [-0.4, -0.2) is 35.0 Å². The van der Waals surface area contributed by atoms with Crippen molar-refractivity contribution in [3.05, 3.63) is 75.8 Å². The molecule has 0 spiro atoms. The molecule has 3 rings (SSSR count). The zero-order chi connectivity index (χ0) is 17.6. The Bertz CT molecular complexity index is 740. The summed E-state index contributed by atoms with van der Waals surface area (Å²) in [6.07, 6.45) is 1.47. The lowest BCUT2D eigenvalue weighted by Crippen LogP contribution is -2.37. The molecule has 0 bridgehead atoms. The monoisotopic (exact) mass is 340 g/mol. The maximum Gasteiger partial charge on any atom is 0.338 e. The van der Waals surface area contributed by atoms with Crippen LogP contribution in [-0.2, 0) is 11.3 Å². The fourth-order valence-corrected chi connectivity index (χ4v) is 3.01. The van der Waals surface area contributed by atoms with Crippen LogP contribution >= 0.6 is 0 Å². The molecule has 0 amide bonds. The molecule has 1 heterocycles. The van der Waals surface area contributed by atoms with E-state index in [0.29, 0.717) is 12.1 Å². The molecule has 130 valence electrons. The molecular weight excluding hydrogens is 320 g/mol. The minimum atomic E-state index is -0.376. The number of carbonyl (C=O) groups excluding carboxylic acids is 1. The second-order valence-electron chi connectivity index (χ2n) is 6.17. The number of nitrogens with zero attached hydrogens (tertiary/aromatic N) is 2. The van der Waals surface area contributed by atoms with Gasteiger partial charge in [-0.05, 0) is 30.5 Å². The van der Waals surface area contributed by atoms with E-state index in [1.54, 1.807) is 24.3 Å². The van der Waals surface area contributed by atoms with Crippen molar-refractivity contribution in [2.45, 2.75) is 25.5 Å². The number of hydrogen-bond acceptors (Lipinski definition) is 5. The van der Waals surface area contributed by atoms with Crippen molar-refractivity contribution in [2.24, 2.45) is 0 Å². The molecule has 1 fully saturated rings. The van der Waals surface area contributed by atoms with Gasteiger partial charge in [-0.25, -0.2) is 4.79 Å². The molecule has 1 aliphatic rings.